The number of H-pyrrole nitrogens is 1. The standard InChI is InChI=1S/C18H19F3N6O/c1-17(6-8-28-9-7-17)27-15-22-10-13-14(25-15)26-16(24-13)23-12-4-2-11(3-5-12)18(19,20)21/h2-5,10H,6-9H2,1H3,(H3,22,23,24,25,26,27). The molecule has 0 unspecified atom stereocenters. The molecular formula is C18H19F3N6O. The van der Waals surface area contributed by atoms with Crippen LogP contribution in [0.4, 0.5) is 30.8 Å². The number of rotatable bonds is 4. The van der Waals surface area contributed by atoms with Gasteiger partial charge in [0.05, 0.1) is 11.8 Å². The van der Waals surface area contributed by atoms with E-state index < -0.39 is 11.7 Å². The molecule has 3 heterocycles. The van der Waals surface area contributed by atoms with E-state index >= 15 is 0 Å². The van der Waals surface area contributed by atoms with Gasteiger partial charge in [-0.25, -0.2) is 4.98 Å². The van der Waals surface area contributed by atoms with Crippen LogP contribution in [0.3, 0.4) is 0 Å². The third kappa shape index (κ3) is 4.01. The van der Waals surface area contributed by atoms with Crippen molar-refractivity contribution < 1.29 is 17.9 Å². The third-order valence-electron chi connectivity index (χ3n) is 4.72. The highest BCUT2D eigenvalue weighted by molar-refractivity contribution is 5.75. The van der Waals surface area contributed by atoms with E-state index in [4.69, 9.17) is 4.74 Å². The lowest BCUT2D eigenvalue weighted by Gasteiger charge is -2.34. The molecule has 3 N–H and O–H groups in total. The molecule has 1 aliphatic rings. The molecule has 2 aromatic heterocycles. The molecular weight excluding hydrogens is 373 g/mol. The Morgan fingerprint density at radius 3 is 2.50 bits per heavy atom. The zero-order valence-electron chi connectivity index (χ0n) is 15.1. The first-order valence-electron chi connectivity index (χ1n) is 8.84. The lowest BCUT2D eigenvalue weighted by atomic mass is 9.93. The number of aromatic amines is 1. The summed E-state index contributed by atoms with van der Waals surface area (Å²) in [4.78, 5) is 16.1. The maximum atomic E-state index is 12.7. The molecule has 1 aliphatic heterocycles. The van der Waals surface area contributed by atoms with E-state index in [2.05, 4.69) is 37.5 Å². The number of hydrogen-bond acceptors (Lipinski definition) is 6. The van der Waals surface area contributed by atoms with Gasteiger partial charge in [0, 0.05) is 24.4 Å². The zero-order chi connectivity index (χ0) is 19.8. The van der Waals surface area contributed by atoms with Gasteiger partial charge in [0.15, 0.2) is 5.65 Å². The summed E-state index contributed by atoms with van der Waals surface area (Å²) >= 11 is 0. The number of ether oxygens (including phenoxy) is 1. The Morgan fingerprint density at radius 1 is 1.11 bits per heavy atom. The van der Waals surface area contributed by atoms with Crippen LogP contribution in [0.25, 0.3) is 11.2 Å². The Morgan fingerprint density at radius 2 is 1.82 bits per heavy atom. The quantitative estimate of drug-likeness (QED) is 0.620. The maximum absolute atomic E-state index is 12.7. The van der Waals surface area contributed by atoms with Gasteiger partial charge in [0.1, 0.15) is 5.52 Å². The Labute approximate surface area is 158 Å². The van der Waals surface area contributed by atoms with Crippen molar-refractivity contribution in [2.24, 2.45) is 0 Å². The van der Waals surface area contributed by atoms with Crippen LogP contribution in [0.1, 0.15) is 25.3 Å². The van der Waals surface area contributed by atoms with Gasteiger partial charge in [0.25, 0.3) is 0 Å². The lowest BCUT2D eigenvalue weighted by molar-refractivity contribution is -0.137. The molecule has 7 nitrogen and oxygen atoms in total. The molecule has 0 bridgehead atoms. The first-order chi connectivity index (χ1) is 13.3. The summed E-state index contributed by atoms with van der Waals surface area (Å²) < 4.78 is 43.3. The molecule has 0 aliphatic carbocycles. The van der Waals surface area contributed by atoms with Crippen molar-refractivity contribution in [3.63, 3.8) is 0 Å². The van der Waals surface area contributed by atoms with Crippen LogP contribution < -0.4 is 10.6 Å². The number of nitrogens with zero attached hydrogens (tertiary/aromatic N) is 3. The summed E-state index contributed by atoms with van der Waals surface area (Å²) in [5.41, 5.74) is 0.724. The van der Waals surface area contributed by atoms with Crippen molar-refractivity contribution in [2.75, 3.05) is 23.8 Å². The van der Waals surface area contributed by atoms with Crippen LogP contribution in [-0.4, -0.2) is 38.7 Å². The van der Waals surface area contributed by atoms with Crippen LogP contribution in [-0.2, 0) is 10.9 Å². The second-order valence-corrected chi connectivity index (χ2v) is 7.01. The zero-order valence-corrected chi connectivity index (χ0v) is 15.1. The number of aromatic nitrogens is 4. The maximum Gasteiger partial charge on any atom is 0.416 e. The molecule has 4 rings (SSSR count). The van der Waals surface area contributed by atoms with Gasteiger partial charge in [-0.3, -0.25) is 0 Å². The van der Waals surface area contributed by atoms with Gasteiger partial charge < -0.3 is 20.4 Å². The van der Waals surface area contributed by atoms with Crippen molar-refractivity contribution in [2.45, 2.75) is 31.5 Å². The van der Waals surface area contributed by atoms with Crippen molar-refractivity contribution in [1.29, 1.82) is 0 Å². The molecule has 1 saturated heterocycles. The van der Waals surface area contributed by atoms with E-state index in [9.17, 15) is 13.2 Å². The molecule has 28 heavy (non-hydrogen) atoms. The number of anilines is 3. The Bertz CT molecular complexity index is 964. The normalized spacial score (nSPS) is 16.9. The Kier molecular flexibility index (Phi) is 4.58. The van der Waals surface area contributed by atoms with Crippen molar-refractivity contribution in [3.05, 3.63) is 36.0 Å². The highest BCUT2D eigenvalue weighted by atomic mass is 19.4. The molecule has 0 spiro atoms. The van der Waals surface area contributed by atoms with Crippen LogP contribution in [0.2, 0.25) is 0 Å². The molecule has 0 atom stereocenters. The second-order valence-electron chi connectivity index (χ2n) is 7.01. The fourth-order valence-electron chi connectivity index (χ4n) is 3.02. The number of imidazole rings is 1. The third-order valence-corrected chi connectivity index (χ3v) is 4.72. The predicted octanol–water partition coefficient (Wildman–Crippen LogP) is 4.10. The van der Waals surface area contributed by atoms with E-state index in [1.165, 1.54) is 12.1 Å². The highest BCUT2D eigenvalue weighted by Crippen LogP contribution is 2.30. The van der Waals surface area contributed by atoms with Gasteiger partial charge in [-0.1, -0.05) is 0 Å². The molecule has 1 fully saturated rings. The van der Waals surface area contributed by atoms with Gasteiger partial charge >= 0.3 is 6.18 Å². The summed E-state index contributed by atoms with van der Waals surface area (Å²) in [6, 6.07) is 4.73. The highest BCUT2D eigenvalue weighted by Gasteiger charge is 2.30. The Balaban J connectivity index is 1.50. The van der Waals surface area contributed by atoms with Crippen molar-refractivity contribution in [1.82, 2.24) is 19.9 Å². The predicted molar refractivity (Wildman–Crippen MR) is 98.5 cm³/mol. The minimum absolute atomic E-state index is 0.135. The minimum atomic E-state index is -4.36. The smallest absolute Gasteiger partial charge is 0.381 e. The van der Waals surface area contributed by atoms with Gasteiger partial charge in [-0.05, 0) is 44.0 Å². The molecule has 0 radical (unpaired) electrons. The van der Waals surface area contributed by atoms with Crippen molar-refractivity contribution >= 4 is 28.7 Å². The fraction of sp³-hybridized carbons (Fsp3) is 0.389. The molecule has 1 aromatic carbocycles. The first kappa shape index (κ1) is 18.5. The summed E-state index contributed by atoms with van der Waals surface area (Å²) in [5, 5.41) is 6.29. The lowest BCUT2D eigenvalue weighted by Crippen LogP contribution is -2.41. The van der Waals surface area contributed by atoms with E-state index in [-0.39, 0.29) is 5.54 Å². The van der Waals surface area contributed by atoms with Crippen LogP contribution >= 0.6 is 0 Å². The number of alkyl halides is 3. The van der Waals surface area contributed by atoms with E-state index in [0.29, 0.717) is 42.0 Å². The SMILES string of the molecule is CC1(Nc2ncc3[nH]c(Nc4ccc(C(F)(F)F)cc4)nc3n2)CCOCC1. The van der Waals surface area contributed by atoms with E-state index in [1.807, 2.05) is 0 Å². The topological polar surface area (TPSA) is 87.8 Å². The second kappa shape index (κ2) is 6.93. The largest absolute Gasteiger partial charge is 0.416 e. The molecule has 3 aromatic rings. The number of fused-ring (bicyclic) bond motifs is 1. The molecule has 148 valence electrons. The van der Waals surface area contributed by atoms with E-state index in [1.54, 1.807) is 6.20 Å². The molecule has 0 saturated carbocycles. The number of hydrogen-bond donors (Lipinski definition) is 3. The number of halogens is 3. The first-order valence-corrected chi connectivity index (χ1v) is 8.84. The van der Waals surface area contributed by atoms with Gasteiger partial charge in [0.2, 0.25) is 11.9 Å². The van der Waals surface area contributed by atoms with Gasteiger partial charge in [-0.15, -0.1) is 0 Å². The molecule has 10 heteroatoms. The average Bonchev–Trinajstić information content (AvgIpc) is 3.03. The van der Waals surface area contributed by atoms with E-state index in [0.717, 1.165) is 25.0 Å². The van der Waals surface area contributed by atoms with Gasteiger partial charge in [-0.2, -0.15) is 23.1 Å². The summed E-state index contributed by atoms with van der Waals surface area (Å²) in [6.45, 7) is 3.48. The van der Waals surface area contributed by atoms with Crippen LogP contribution in [0, 0.1) is 0 Å². The summed E-state index contributed by atoms with van der Waals surface area (Å²) in [5.74, 6) is 0.850. The number of benzene rings is 1. The van der Waals surface area contributed by atoms with Crippen LogP contribution in [0.15, 0.2) is 30.5 Å². The fourth-order valence-corrected chi connectivity index (χ4v) is 3.02. The van der Waals surface area contributed by atoms with Crippen molar-refractivity contribution in [3.8, 4) is 0 Å². The minimum Gasteiger partial charge on any atom is -0.381 e. The van der Waals surface area contributed by atoms with Crippen LogP contribution in [0.5, 0.6) is 0 Å². The summed E-state index contributed by atoms with van der Waals surface area (Å²) in [6.07, 6.45) is -1.03. The monoisotopic (exact) mass is 392 g/mol. The Hall–Kier alpha value is -2.88. The average molecular weight is 392 g/mol. The molecule has 0 amide bonds. The summed E-state index contributed by atoms with van der Waals surface area (Å²) in [7, 11) is 0. The number of nitrogens with one attached hydrogen (secondary N) is 3.